The number of amides is 2. The van der Waals surface area contributed by atoms with Crippen LogP contribution in [0.3, 0.4) is 0 Å². The molecule has 2 amide bonds. The maximum absolute atomic E-state index is 11.9. The summed E-state index contributed by atoms with van der Waals surface area (Å²) in [5, 5.41) is 3.04. The Hall–Kier alpha value is -1.03. The van der Waals surface area contributed by atoms with Crippen LogP contribution in [-0.2, 0) is 0 Å². The van der Waals surface area contributed by atoms with Crippen LogP contribution in [0.2, 0.25) is 0 Å². The zero-order chi connectivity index (χ0) is 12.3. The molecular weight excluding hydrogens is 280 g/mol. The number of hydrogen-bond acceptors (Lipinski definition) is 1. The molecule has 0 aromatic heterocycles. The van der Waals surface area contributed by atoms with Gasteiger partial charge in [0.15, 0.2) is 0 Å². The smallest absolute Gasteiger partial charge is 0.317 e. The fraction of sp³-hybridized carbons (Fsp3) is 0.462. The highest BCUT2D eigenvalue weighted by Gasteiger charge is 2.20. The summed E-state index contributed by atoms with van der Waals surface area (Å²) in [4.78, 5) is 13.8. The molecule has 0 spiro atoms. The van der Waals surface area contributed by atoms with Gasteiger partial charge in [-0.2, -0.15) is 0 Å². The Morgan fingerprint density at radius 1 is 1.35 bits per heavy atom. The molecule has 3 nitrogen and oxygen atoms in total. The van der Waals surface area contributed by atoms with E-state index < -0.39 is 0 Å². The van der Waals surface area contributed by atoms with Crippen molar-refractivity contribution in [2.45, 2.75) is 25.8 Å². The SMILES string of the molecule is CC(NC(=O)N1CCCC1)c1ccccc1Br. The summed E-state index contributed by atoms with van der Waals surface area (Å²) in [6, 6.07) is 8.05. The number of halogens is 1. The predicted octanol–water partition coefficient (Wildman–Crippen LogP) is 3.32. The second kappa shape index (κ2) is 5.54. The third-order valence-electron chi connectivity index (χ3n) is 3.10. The molecule has 0 saturated carbocycles. The first kappa shape index (κ1) is 12.4. The van der Waals surface area contributed by atoms with E-state index in [4.69, 9.17) is 0 Å². The Morgan fingerprint density at radius 3 is 2.65 bits per heavy atom. The van der Waals surface area contributed by atoms with Crippen molar-refractivity contribution in [3.8, 4) is 0 Å². The van der Waals surface area contributed by atoms with Crippen molar-refractivity contribution >= 4 is 22.0 Å². The average molecular weight is 297 g/mol. The molecule has 1 aromatic carbocycles. The summed E-state index contributed by atoms with van der Waals surface area (Å²) >= 11 is 3.51. The van der Waals surface area contributed by atoms with Crippen molar-refractivity contribution in [1.82, 2.24) is 10.2 Å². The average Bonchev–Trinajstić information content (AvgIpc) is 2.82. The van der Waals surface area contributed by atoms with E-state index >= 15 is 0 Å². The number of nitrogens with zero attached hydrogens (tertiary/aromatic N) is 1. The van der Waals surface area contributed by atoms with Crippen LogP contribution in [0.1, 0.15) is 31.4 Å². The third kappa shape index (κ3) is 3.00. The summed E-state index contributed by atoms with van der Waals surface area (Å²) in [6.45, 7) is 3.77. The highest BCUT2D eigenvalue weighted by atomic mass is 79.9. The second-order valence-electron chi connectivity index (χ2n) is 4.39. The number of benzene rings is 1. The lowest BCUT2D eigenvalue weighted by Gasteiger charge is -2.21. The molecular formula is C13H17BrN2O. The predicted molar refractivity (Wildman–Crippen MR) is 71.9 cm³/mol. The van der Waals surface area contributed by atoms with Gasteiger partial charge in [0.25, 0.3) is 0 Å². The normalized spacial score (nSPS) is 16.9. The zero-order valence-electron chi connectivity index (χ0n) is 9.95. The molecule has 1 aliphatic rings. The van der Waals surface area contributed by atoms with E-state index in [0.717, 1.165) is 36.0 Å². The van der Waals surface area contributed by atoms with E-state index in [1.54, 1.807) is 0 Å². The van der Waals surface area contributed by atoms with Crippen LogP contribution in [0.15, 0.2) is 28.7 Å². The molecule has 17 heavy (non-hydrogen) atoms. The first-order valence-corrected chi connectivity index (χ1v) is 6.77. The van der Waals surface area contributed by atoms with Crippen molar-refractivity contribution in [3.63, 3.8) is 0 Å². The number of carbonyl (C=O) groups is 1. The highest BCUT2D eigenvalue weighted by molar-refractivity contribution is 9.10. The van der Waals surface area contributed by atoms with Gasteiger partial charge in [-0.25, -0.2) is 4.79 Å². The minimum Gasteiger partial charge on any atom is -0.331 e. The lowest BCUT2D eigenvalue weighted by Crippen LogP contribution is -2.39. The van der Waals surface area contributed by atoms with Crippen molar-refractivity contribution in [2.75, 3.05) is 13.1 Å². The summed E-state index contributed by atoms with van der Waals surface area (Å²) < 4.78 is 1.04. The van der Waals surface area contributed by atoms with Crippen molar-refractivity contribution in [2.24, 2.45) is 0 Å². The molecule has 1 aliphatic heterocycles. The van der Waals surface area contributed by atoms with E-state index in [1.807, 2.05) is 36.1 Å². The Morgan fingerprint density at radius 2 is 2.00 bits per heavy atom. The zero-order valence-corrected chi connectivity index (χ0v) is 11.5. The number of likely N-dealkylation sites (tertiary alicyclic amines) is 1. The van der Waals surface area contributed by atoms with Crippen molar-refractivity contribution < 1.29 is 4.79 Å². The topological polar surface area (TPSA) is 32.3 Å². The highest BCUT2D eigenvalue weighted by Crippen LogP contribution is 2.23. The van der Waals surface area contributed by atoms with E-state index in [9.17, 15) is 4.79 Å². The van der Waals surface area contributed by atoms with Crippen LogP contribution in [0, 0.1) is 0 Å². The van der Waals surface area contributed by atoms with Crippen LogP contribution in [0.25, 0.3) is 0 Å². The van der Waals surface area contributed by atoms with Gasteiger partial charge in [0.05, 0.1) is 6.04 Å². The summed E-state index contributed by atoms with van der Waals surface area (Å²) in [6.07, 6.45) is 2.24. The first-order valence-electron chi connectivity index (χ1n) is 5.98. The van der Waals surface area contributed by atoms with Gasteiger partial charge in [0.2, 0.25) is 0 Å². The lowest BCUT2D eigenvalue weighted by atomic mass is 10.1. The maximum atomic E-state index is 11.9. The first-order chi connectivity index (χ1) is 8.18. The van der Waals surface area contributed by atoms with Crippen LogP contribution >= 0.6 is 15.9 Å². The fourth-order valence-electron chi connectivity index (χ4n) is 2.10. The molecule has 1 heterocycles. The molecule has 1 N–H and O–H groups in total. The van der Waals surface area contributed by atoms with Crippen LogP contribution in [-0.4, -0.2) is 24.0 Å². The molecule has 2 rings (SSSR count). The van der Waals surface area contributed by atoms with Crippen LogP contribution in [0.5, 0.6) is 0 Å². The molecule has 4 heteroatoms. The van der Waals surface area contributed by atoms with Crippen LogP contribution in [0.4, 0.5) is 4.79 Å². The van der Waals surface area contributed by atoms with E-state index in [0.29, 0.717) is 0 Å². The maximum Gasteiger partial charge on any atom is 0.317 e. The minimum atomic E-state index is 0.0266. The molecule has 92 valence electrons. The summed E-state index contributed by atoms with van der Waals surface area (Å²) in [7, 11) is 0. The molecule has 1 atom stereocenters. The van der Waals surface area contributed by atoms with E-state index in [1.165, 1.54) is 0 Å². The monoisotopic (exact) mass is 296 g/mol. The molecule has 0 aliphatic carbocycles. The van der Waals surface area contributed by atoms with Gasteiger partial charge < -0.3 is 10.2 Å². The standard InChI is InChI=1S/C13H17BrN2O/c1-10(11-6-2-3-7-12(11)14)15-13(17)16-8-4-5-9-16/h2-3,6-7,10H,4-5,8-9H2,1H3,(H,15,17). The molecule has 1 aromatic rings. The van der Waals surface area contributed by atoms with Gasteiger partial charge >= 0.3 is 6.03 Å². The molecule has 0 radical (unpaired) electrons. The number of hydrogen-bond donors (Lipinski definition) is 1. The largest absolute Gasteiger partial charge is 0.331 e. The Balaban J connectivity index is 1.99. The van der Waals surface area contributed by atoms with Gasteiger partial charge in [0.1, 0.15) is 0 Å². The number of urea groups is 1. The summed E-state index contributed by atoms with van der Waals surface area (Å²) in [5.41, 5.74) is 1.11. The van der Waals surface area contributed by atoms with Crippen molar-refractivity contribution in [3.05, 3.63) is 34.3 Å². The summed E-state index contributed by atoms with van der Waals surface area (Å²) in [5.74, 6) is 0. The van der Waals surface area contributed by atoms with Gasteiger partial charge in [0, 0.05) is 17.6 Å². The Bertz CT molecular complexity index is 402. The van der Waals surface area contributed by atoms with E-state index in [2.05, 4.69) is 21.2 Å². The van der Waals surface area contributed by atoms with Gasteiger partial charge in [-0.15, -0.1) is 0 Å². The van der Waals surface area contributed by atoms with Gasteiger partial charge in [-0.05, 0) is 31.4 Å². The van der Waals surface area contributed by atoms with Gasteiger partial charge in [-0.3, -0.25) is 0 Å². The minimum absolute atomic E-state index is 0.0266. The van der Waals surface area contributed by atoms with Crippen molar-refractivity contribution in [1.29, 1.82) is 0 Å². The van der Waals surface area contributed by atoms with Crippen LogP contribution < -0.4 is 5.32 Å². The molecule has 1 unspecified atom stereocenters. The molecule has 1 fully saturated rings. The molecule has 1 saturated heterocycles. The number of rotatable bonds is 2. The van der Waals surface area contributed by atoms with Gasteiger partial charge in [-0.1, -0.05) is 34.1 Å². The van der Waals surface area contributed by atoms with E-state index in [-0.39, 0.29) is 12.1 Å². The lowest BCUT2D eigenvalue weighted by molar-refractivity contribution is 0.205. The fourth-order valence-corrected chi connectivity index (χ4v) is 2.73. The quantitative estimate of drug-likeness (QED) is 0.892. The third-order valence-corrected chi connectivity index (χ3v) is 3.83. The number of carbonyl (C=O) groups excluding carboxylic acids is 1. The molecule has 0 bridgehead atoms. The second-order valence-corrected chi connectivity index (χ2v) is 5.24. The Labute approximate surface area is 110 Å². The number of nitrogens with one attached hydrogen (secondary N) is 1. The Kier molecular flexibility index (Phi) is 4.05.